The molecule has 3 nitrogen and oxygen atoms in total. The van der Waals surface area contributed by atoms with Crippen LogP contribution in [0.2, 0.25) is 0 Å². The van der Waals surface area contributed by atoms with Crippen LogP contribution in [-0.2, 0) is 0 Å². The van der Waals surface area contributed by atoms with Gasteiger partial charge >= 0.3 is 0 Å². The first kappa shape index (κ1) is 12.1. The van der Waals surface area contributed by atoms with Gasteiger partial charge < -0.3 is 0 Å². The molecule has 0 saturated carbocycles. The van der Waals surface area contributed by atoms with E-state index in [1.165, 1.54) is 5.56 Å². The normalized spacial score (nSPS) is 10.6. The van der Waals surface area contributed by atoms with Crippen molar-refractivity contribution in [2.75, 3.05) is 0 Å². The summed E-state index contributed by atoms with van der Waals surface area (Å²) in [6.45, 7) is 2.07. The molecule has 94 valence electrons. The third kappa shape index (κ3) is 2.44. The summed E-state index contributed by atoms with van der Waals surface area (Å²) in [6.07, 6.45) is 5.62. The SMILES string of the molecule is Cc1ccc(Br)cc1-n1cc(-c2ccccn2)cn1. The molecule has 0 aliphatic carbocycles. The van der Waals surface area contributed by atoms with E-state index in [1.54, 1.807) is 6.20 Å². The topological polar surface area (TPSA) is 30.7 Å². The molecule has 0 spiro atoms. The highest BCUT2D eigenvalue weighted by molar-refractivity contribution is 9.10. The summed E-state index contributed by atoms with van der Waals surface area (Å²) in [7, 11) is 0. The number of aryl methyl sites for hydroxylation is 1. The molecular formula is C15H12BrN3. The third-order valence-corrected chi connectivity index (χ3v) is 3.45. The van der Waals surface area contributed by atoms with Gasteiger partial charge in [-0.05, 0) is 36.8 Å². The summed E-state index contributed by atoms with van der Waals surface area (Å²) in [5.74, 6) is 0. The van der Waals surface area contributed by atoms with Gasteiger partial charge in [-0.1, -0.05) is 28.1 Å². The van der Waals surface area contributed by atoms with Crippen molar-refractivity contribution in [1.82, 2.24) is 14.8 Å². The zero-order valence-electron chi connectivity index (χ0n) is 10.4. The van der Waals surface area contributed by atoms with Gasteiger partial charge in [0.05, 0.1) is 17.6 Å². The highest BCUT2D eigenvalue weighted by Gasteiger charge is 2.06. The smallest absolute Gasteiger partial charge is 0.0733 e. The predicted molar refractivity (Wildman–Crippen MR) is 79.2 cm³/mol. The minimum absolute atomic E-state index is 0.932. The summed E-state index contributed by atoms with van der Waals surface area (Å²) >= 11 is 3.49. The molecule has 4 heteroatoms. The Labute approximate surface area is 120 Å². The molecule has 0 radical (unpaired) electrons. The highest BCUT2D eigenvalue weighted by Crippen LogP contribution is 2.22. The van der Waals surface area contributed by atoms with E-state index in [2.05, 4.69) is 45.1 Å². The Morgan fingerprint density at radius 1 is 1.16 bits per heavy atom. The predicted octanol–water partition coefficient (Wildman–Crippen LogP) is 4.01. The molecule has 1 aromatic carbocycles. The zero-order valence-corrected chi connectivity index (χ0v) is 12.0. The van der Waals surface area contributed by atoms with Crippen LogP contribution in [-0.4, -0.2) is 14.8 Å². The van der Waals surface area contributed by atoms with Gasteiger partial charge in [-0.15, -0.1) is 0 Å². The Morgan fingerprint density at radius 3 is 2.84 bits per heavy atom. The van der Waals surface area contributed by atoms with Crippen molar-refractivity contribution < 1.29 is 0 Å². The van der Waals surface area contributed by atoms with Crippen molar-refractivity contribution >= 4 is 15.9 Å². The van der Waals surface area contributed by atoms with Gasteiger partial charge in [0.15, 0.2) is 0 Å². The fourth-order valence-electron chi connectivity index (χ4n) is 1.95. The molecular weight excluding hydrogens is 302 g/mol. The van der Waals surface area contributed by atoms with Crippen LogP contribution in [0.3, 0.4) is 0 Å². The molecule has 0 saturated heterocycles. The molecule has 3 rings (SSSR count). The van der Waals surface area contributed by atoms with Gasteiger partial charge in [-0.3, -0.25) is 4.98 Å². The Morgan fingerprint density at radius 2 is 2.05 bits per heavy atom. The Hall–Kier alpha value is -1.94. The van der Waals surface area contributed by atoms with Crippen molar-refractivity contribution in [3.05, 3.63) is 65.0 Å². The first-order valence-corrected chi connectivity index (χ1v) is 6.76. The van der Waals surface area contributed by atoms with Crippen molar-refractivity contribution in [1.29, 1.82) is 0 Å². The van der Waals surface area contributed by atoms with Crippen LogP contribution in [0, 0.1) is 6.92 Å². The molecule has 0 amide bonds. The maximum atomic E-state index is 4.42. The maximum Gasteiger partial charge on any atom is 0.0733 e. The van der Waals surface area contributed by atoms with E-state index in [0.29, 0.717) is 0 Å². The van der Waals surface area contributed by atoms with Crippen LogP contribution in [0.15, 0.2) is 59.5 Å². The highest BCUT2D eigenvalue weighted by atomic mass is 79.9. The van der Waals surface area contributed by atoms with Gasteiger partial charge in [0.2, 0.25) is 0 Å². The lowest BCUT2D eigenvalue weighted by molar-refractivity contribution is 0.872. The third-order valence-electron chi connectivity index (χ3n) is 2.96. The van der Waals surface area contributed by atoms with Crippen molar-refractivity contribution in [3.63, 3.8) is 0 Å². The first-order chi connectivity index (χ1) is 9.24. The second-order valence-corrected chi connectivity index (χ2v) is 5.24. The molecule has 2 heterocycles. The van der Waals surface area contributed by atoms with Crippen molar-refractivity contribution in [3.8, 4) is 16.9 Å². The van der Waals surface area contributed by atoms with Crippen LogP contribution in [0.5, 0.6) is 0 Å². The number of rotatable bonds is 2. The molecule has 0 aliphatic heterocycles. The average molecular weight is 314 g/mol. The van der Waals surface area contributed by atoms with E-state index in [9.17, 15) is 0 Å². The largest absolute Gasteiger partial charge is 0.256 e. The number of pyridine rings is 1. The summed E-state index contributed by atoms with van der Waals surface area (Å²) < 4.78 is 2.92. The monoisotopic (exact) mass is 313 g/mol. The van der Waals surface area contributed by atoms with E-state index >= 15 is 0 Å². The number of hydrogen-bond donors (Lipinski definition) is 0. The van der Waals surface area contributed by atoms with Crippen molar-refractivity contribution in [2.24, 2.45) is 0 Å². The molecule has 0 atom stereocenters. The summed E-state index contributed by atoms with van der Waals surface area (Å²) in [5.41, 5.74) is 4.19. The summed E-state index contributed by atoms with van der Waals surface area (Å²) in [5, 5.41) is 4.42. The lowest BCUT2D eigenvalue weighted by atomic mass is 10.2. The fraction of sp³-hybridized carbons (Fsp3) is 0.0667. The first-order valence-electron chi connectivity index (χ1n) is 5.96. The standard InChI is InChI=1S/C15H12BrN3/c1-11-5-6-13(16)8-15(11)19-10-12(9-18-19)14-4-2-3-7-17-14/h2-10H,1H3. The second kappa shape index (κ2) is 4.97. The van der Waals surface area contributed by atoms with Crippen LogP contribution < -0.4 is 0 Å². The average Bonchev–Trinajstić information content (AvgIpc) is 2.92. The minimum atomic E-state index is 0.932. The van der Waals surface area contributed by atoms with Gasteiger partial charge in [0.1, 0.15) is 0 Å². The van der Waals surface area contributed by atoms with Crippen LogP contribution in [0.25, 0.3) is 16.9 Å². The lowest BCUT2D eigenvalue weighted by Gasteiger charge is -2.05. The molecule has 0 N–H and O–H groups in total. The van der Waals surface area contributed by atoms with Crippen LogP contribution in [0.4, 0.5) is 0 Å². The zero-order chi connectivity index (χ0) is 13.2. The molecule has 19 heavy (non-hydrogen) atoms. The number of nitrogens with zero attached hydrogens (tertiary/aromatic N) is 3. The maximum absolute atomic E-state index is 4.42. The Kier molecular flexibility index (Phi) is 3.17. The van der Waals surface area contributed by atoms with Gasteiger partial charge in [0.25, 0.3) is 0 Å². The van der Waals surface area contributed by atoms with E-state index < -0.39 is 0 Å². The minimum Gasteiger partial charge on any atom is -0.256 e. The van der Waals surface area contributed by atoms with Crippen LogP contribution >= 0.6 is 15.9 Å². The van der Waals surface area contributed by atoms with E-state index in [0.717, 1.165) is 21.4 Å². The van der Waals surface area contributed by atoms with Gasteiger partial charge in [-0.2, -0.15) is 5.10 Å². The molecule has 3 aromatic rings. The molecule has 0 bridgehead atoms. The van der Waals surface area contributed by atoms with E-state index in [1.807, 2.05) is 41.3 Å². The second-order valence-electron chi connectivity index (χ2n) is 4.32. The summed E-state index contributed by atoms with van der Waals surface area (Å²) in [4.78, 5) is 4.33. The van der Waals surface area contributed by atoms with Crippen LogP contribution in [0.1, 0.15) is 5.56 Å². The van der Waals surface area contributed by atoms with Crippen molar-refractivity contribution in [2.45, 2.75) is 6.92 Å². The van der Waals surface area contributed by atoms with E-state index in [4.69, 9.17) is 0 Å². The molecule has 0 fully saturated rings. The fourth-order valence-corrected chi connectivity index (χ4v) is 2.30. The molecule has 0 aliphatic rings. The van der Waals surface area contributed by atoms with E-state index in [-0.39, 0.29) is 0 Å². The number of benzene rings is 1. The summed E-state index contributed by atoms with van der Waals surface area (Å²) in [6, 6.07) is 12.0. The molecule has 0 unspecified atom stereocenters. The Bertz CT molecular complexity index is 704. The quantitative estimate of drug-likeness (QED) is 0.715. The van der Waals surface area contributed by atoms with Gasteiger partial charge in [0, 0.05) is 22.4 Å². The number of aromatic nitrogens is 3. The Balaban J connectivity index is 2.04. The molecule has 2 aromatic heterocycles. The number of hydrogen-bond acceptors (Lipinski definition) is 2. The lowest BCUT2D eigenvalue weighted by Crippen LogP contribution is -1.96. The number of halogens is 1. The van der Waals surface area contributed by atoms with Gasteiger partial charge in [-0.25, -0.2) is 4.68 Å².